The predicted molar refractivity (Wildman–Crippen MR) is 122 cm³/mol. The van der Waals surface area contributed by atoms with Crippen molar-refractivity contribution >= 4 is 5.91 Å². The number of nitrogens with one attached hydrogen (secondary N) is 1. The van der Waals surface area contributed by atoms with E-state index < -0.39 is 0 Å². The largest absolute Gasteiger partial charge is 0.496 e. The van der Waals surface area contributed by atoms with Crippen LogP contribution in [0.25, 0.3) is 11.3 Å². The molecule has 0 saturated heterocycles. The smallest absolute Gasteiger partial charge is 0.255 e. The lowest BCUT2D eigenvalue weighted by Crippen LogP contribution is -2.26. The van der Waals surface area contributed by atoms with Crippen LogP contribution in [-0.4, -0.2) is 22.8 Å². The van der Waals surface area contributed by atoms with Gasteiger partial charge in [-0.25, -0.2) is 0 Å². The Bertz CT molecular complexity index is 1150. The number of nitrogens with zero attached hydrogens (tertiary/aromatic N) is 2. The van der Waals surface area contributed by atoms with Gasteiger partial charge in [-0.3, -0.25) is 9.48 Å². The molecule has 0 aliphatic heterocycles. The van der Waals surface area contributed by atoms with E-state index in [0.717, 1.165) is 16.7 Å². The zero-order valence-corrected chi connectivity index (χ0v) is 17.7. The van der Waals surface area contributed by atoms with Crippen molar-refractivity contribution in [2.75, 3.05) is 7.11 Å². The van der Waals surface area contributed by atoms with Gasteiger partial charge in [-0.1, -0.05) is 72.8 Å². The molecule has 0 radical (unpaired) electrons. The van der Waals surface area contributed by atoms with Crippen molar-refractivity contribution in [3.05, 3.63) is 108 Å². The topological polar surface area (TPSA) is 56.2 Å². The Morgan fingerprint density at radius 2 is 1.61 bits per heavy atom. The van der Waals surface area contributed by atoms with Crippen LogP contribution in [0, 0.1) is 0 Å². The molecule has 4 aromatic rings. The highest BCUT2D eigenvalue weighted by atomic mass is 16.5. The molecule has 0 fully saturated rings. The Kier molecular flexibility index (Phi) is 6.13. The molecule has 1 aromatic heterocycles. The summed E-state index contributed by atoms with van der Waals surface area (Å²) in [5, 5.41) is 7.87. The molecule has 1 amide bonds. The number of amides is 1. The Hall–Kier alpha value is -3.86. The molecule has 0 aliphatic carbocycles. The second kappa shape index (κ2) is 9.30. The van der Waals surface area contributed by atoms with Gasteiger partial charge in [-0.2, -0.15) is 5.10 Å². The van der Waals surface area contributed by atoms with Gasteiger partial charge in [-0.15, -0.1) is 0 Å². The molecule has 156 valence electrons. The van der Waals surface area contributed by atoms with Crippen molar-refractivity contribution in [2.45, 2.75) is 19.5 Å². The summed E-state index contributed by atoms with van der Waals surface area (Å²) in [7, 11) is 1.62. The normalized spacial score (nSPS) is 11.7. The number of para-hydroxylation sites is 1. The van der Waals surface area contributed by atoms with E-state index in [1.165, 1.54) is 0 Å². The average Bonchev–Trinajstić information content (AvgIpc) is 3.24. The molecule has 0 saturated carbocycles. The number of methoxy groups -OCH3 is 1. The summed E-state index contributed by atoms with van der Waals surface area (Å²) in [6.45, 7) is 2.55. The molecule has 1 atom stereocenters. The maximum Gasteiger partial charge on any atom is 0.255 e. The van der Waals surface area contributed by atoms with E-state index in [9.17, 15) is 4.79 Å². The molecule has 1 N–H and O–H groups in total. The van der Waals surface area contributed by atoms with Gasteiger partial charge in [0.2, 0.25) is 0 Å². The summed E-state index contributed by atoms with van der Waals surface area (Å²) >= 11 is 0. The Morgan fingerprint density at radius 3 is 2.32 bits per heavy atom. The molecule has 0 aliphatic rings. The number of aromatic nitrogens is 2. The fourth-order valence-corrected chi connectivity index (χ4v) is 3.58. The molecule has 1 heterocycles. The van der Waals surface area contributed by atoms with E-state index >= 15 is 0 Å². The number of hydrogen-bond donors (Lipinski definition) is 1. The van der Waals surface area contributed by atoms with Crippen molar-refractivity contribution in [3.8, 4) is 17.0 Å². The third-order valence-electron chi connectivity index (χ3n) is 5.20. The zero-order chi connectivity index (χ0) is 21.6. The van der Waals surface area contributed by atoms with Gasteiger partial charge >= 0.3 is 0 Å². The summed E-state index contributed by atoms with van der Waals surface area (Å²) in [5.41, 5.74) is 4.07. The van der Waals surface area contributed by atoms with Crippen molar-refractivity contribution < 1.29 is 9.53 Å². The molecule has 3 aromatic carbocycles. The van der Waals surface area contributed by atoms with Crippen LogP contribution >= 0.6 is 0 Å². The van der Waals surface area contributed by atoms with Gasteiger partial charge in [0.15, 0.2) is 0 Å². The molecule has 0 spiro atoms. The van der Waals surface area contributed by atoms with Crippen molar-refractivity contribution in [1.29, 1.82) is 0 Å². The van der Waals surface area contributed by atoms with Crippen LogP contribution in [-0.2, 0) is 6.54 Å². The number of rotatable bonds is 7. The molecule has 4 rings (SSSR count). The molecule has 5 nitrogen and oxygen atoms in total. The third kappa shape index (κ3) is 4.67. The first-order chi connectivity index (χ1) is 15.2. The van der Waals surface area contributed by atoms with Crippen LogP contribution in [0.15, 0.2) is 91.1 Å². The van der Waals surface area contributed by atoms with E-state index in [0.29, 0.717) is 23.6 Å². The minimum Gasteiger partial charge on any atom is -0.496 e. The third-order valence-corrected chi connectivity index (χ3v) is 5.20. The van der Waals surface area contributed by atoms with Crippen LogP contribution in [0.3, 0.4) is 0 Å². The van der Waals surface area contributed by atoms with Crippen molar-refractivity contribution in [1.82, 2.24) is 15.1 Å². The lowest BCUT2D eigenvalue weighted by Gasteiger charge is -2.14. The predicted octanol–water partition coefficient (Wildman–Crippen LogP) is 5.10. The lowest BCUT2D eigenvalue weighted by molar-refractivity contribution is 0.0940. The van der Waals surface area contributed by atoms with Crippen molar-refractivity contribution in [2.24, 2.45) is 0 Å². The van der Waals surface area contributed by atoms with Gasteiger partial charge in [0.25, 0.3) is 5.91 Å². The number of hydrogen-bond acceptors (Lipinski definition) is 3. The summed E-state index contributed by atoms with van der Waals surface area (Å²) in [6, 6.07) is 27.5. The van der Waals surface area contributed by atoms with Crippen LogP contribution in [0.1, 0.15) is 34.5 Å². The van der Waals surface area contributed by atoms with E-state index in [1.54, 1.807) is 11.8 Å². The van der Waals surface area contributed by atoms with E-state index in [1.807, 2.05) is 98.0 Å². The summed E-state index contributed by atoms with van der Waals surface area (Å²) in [6.07, 6.45) is 1.81. The lowest BCUT2D eigenvalue weighted by atomic mass is 10.1. The van der Waals surface area contributed by atoms with Crippen LogP contribution in [0.4, 0.5) is 0 Å². The first-order valence-electron chi connectivity index (χ1n) is 10.3. The van der Waals surface area contributed by atoms with E-state index in [-0.39, 0.29) is 11.9 Å². The minimum absolute atomic E-state index is 0.128. The molecular weight excluding hydrogens is 386 g/mol. The maximum absolute atomic E-state index is 13.3. The van der Waals surface area contributed by atoms with Gasteiger partial charge in [0.1, 0.15) is 11.4 Å². The summed E-state index contributed by atoms with van der Waals surface area (Å²) < 4.78 is 7.34. The standard InChI is InChI=1S/C26H25N3O2/c1-19(21-13-7-4-8-14-21)27-26(30)23-18-29(17-20-11-5-3-6-12-20)28-25(23)22-15-9-10-16-24(22)31-2/h3-16,18-19H,17H2,1-2H3,(H,27,30)/t19-/m1/s1. The SMILES string of the molecule is COc1ccccc1-c1nn(Cc2ccccc2)cc1C(=O)N[C@H](C)c1ccccc1. The molecule has 0 unspecified atom stereocenters. The highest BCUT2D eigenvalue weighted by molar-refractivity contribution is 6.00. The quantitative estimate of drug-likeness (QED) is 0.460. The maximum atomic E-state index is 13.3. The Balaban J connectivity index is 1.70. The first kappa shape index (κ1) is 20.4. The highest BCUT2D eigenvalue weighted by Crippen LogP contribution is 2.31. The first-order valence-corrected chi connectivity index (χ1v) is 10.3. The number of benzene rings is 3. The molecule has 5 heteroatoms. The van der Waals surface area contributed by atoms with E-state index in [4.69, 9.17) is 9.84 Å². The van der Waals surface area contributed by atoms with Crippen LogP contribution in [0.5, 0.6) is 5.75 Å². The number of carbonyl (C=O) groups excluding carboxylic acids is 1. The molecule has 0 bridgehead atoms. The Labute approximate surface area is 182 Å². The van der Waals surface area contributed by atoms with Crippen molar-refractivity contribution in [3.63, 3.8) is 0 Å². The second-order valence-corrected chi connectivity index (χ2v) is 7.38. The molecule has 31 heavy (non-hydrogen) atoms. The minimum atomic E-state index is -0.170. The average molecular weight is 412 g/mol. The van der Waals surface area contributed by atoms with Gasteiger partial charge in [0.05, 0.1) is 25.3 Å². The number of ether oxygens (including phenoxy) is 1. The summed E-state index contributed by atoms with van der Waals surface area (Å²) in [5.74, 6) is 0.509. The van der Waals surface area contributed by atoms with Crippen LogP contribution in [0.2, 0.25) is 0 Å². The van der Waals surface area contributed by atoms with Gasteiger partial charge in [0, 0.05) is 11.8 Å². The molecular formula is C26H25N3O2. The Morgan fingerprint density at radius 1 is 0.968 bits per heavy atom. The summed E-state index contributed by atoms with van der Waals surface area (Å²) in [4.78, 5) is 13.3. The number of carbonyl (C=O) groups is 1. The monoisotopic (exact) mass is 411 g/mol. The zero-order valence-electron chi connectivity index (χ0n) is 17.7. The van der Waals surface area contributed by atoms with E-state index in [2.05, 4.69) is 5.32 Å². The second-order valence-electron chi connectivity index (χ2n) is 7.38. The highest BCUT2D eigenvalue weighted by Gasteiger charge is 2.22. The van der Waals surface area contributed by atoms with Gasteiger partial charge < -0.3 is 10.1 Å². The fraction of sp³-hybridized carbons (Fsp3) is 0.154. The van der Waals surface area contributed by atoms with Gasteiger partial charge in [-0.05, 0) is 30.2 Å². The fourth-order valence-electron chi connectivity index (χ4n) is 3.58. The van der Waals surface area contributed by atoms with Crippen LogP contribution < -0.4 is 10.1 Å².